The third-order valence-electron chi connectivity index (χ3n) is 17.7. The van der Waals surface area contributed by atoms with Gasteiger partial charge in [0.2, 0.25) is 0 Å². The van der Waals surface area contributed by atoms with Gasteiger partial charge in [0, 0.05) is 33.5 Å². The second-order valence-electron chi connectivity index (χ2n) is 22.4. The summed E-state index contributed by atoms with van der Waals surface area (Å²) in [6.45, 7) is 0. The van der Waals surface area contributed by atoms with Crippen molar-refractivity contribution < 1.29 is 0 Å². The van der Waals surface area contributed by atoms with Crippen molar-refractivity contribution in [1.82, 2.24) is 4.57 Å². The predicted molar refractivity (Wildman–Crippen MR) is 357 cm³/mol. The monoisotopic (exact) mass is 1080 g/mol. The normalized spacial score (nSPS) is 12.3. The van der Waals surface area contributed by atoms with Crippen molar-refractivity contribution in [1.29, 1.82) is 0 Å². The average molecular weight is 1080 g/mol. The van der Waals surface area contributed by atoms with E-state index in [4.69, 9.17) is 0 Å². The van der Waals surface area contributed by atoms with E-state index in [1.165, 1.54) is 105 Å². The molecule has 1 heterocycles. The molecule has 0 saturated heterocycles. The molecule has 0 unspecified atom stereocenters. The van der Waals surface area contributed by atoms with Gasteiger partial charge in [-0.25, -0.2) is 0 Å². The van der Waals surface area contributed by atoms with E-state index in [1.54, 1.807) is 0 Å². The van der Waals surface area contributed by atoms with Crippen molar-refractivity contribution in [2.75, 3.05) is 4.90 Å². The summed E-state index contributed by atoms with van der Waals surface area (Å²) in [4.78, 5) is 2.39. The lowest BCUT2D eigenvalue weighted by Gasteiger charge is -2.34. The molecule has 2 nitrogen and oxygen atoms in total. The first-order valence-corrected chi connectivity index (χ1v) is 29.4. The molecule has 15 aromatic rings. The minimum Gasteiger partial charge on any atom is -0.311 e. The van der Waals surface area contributed by atoms with Crippen molar-refractivity contribution >= 4 is 49.6 Å². The molecule has 2 heteroatoms. The first-order chi connectivity index (χ1) is 42.1. The van der Waals surface area contributed by atoms with E-state index in [0.717, 1.165) is 39.4 Å². The van der Waals surface area contributed by atoms with Gasteiger partial charge in [-0.1, -0.05) is 267 Å². The fraction of sp³-hybridized carbons (Fsp3) is 0.0120. The lowest BCUT2D eigenvalue weighted by molar-refractivity contribution is 0.768. The molecule has 85 heavy (non-hydrogen) atoms. The smallest absolute Gasteiger partial charge is 0.0713 e. The fourth-order valence-corrected chi connectivity index (χ4v) is 13.7. The average Bonchev–Trinajstić information content (AvgIpc) is 1.61. The van der Waals surface area contributed by atoms with E-state index in [9.17, 15) is 0 Å². The molecule has 0 fully saturated rings. The van der Waals surface area contributed by atoms with Crippen LogP contribution < -0.4 is 4.90 Å². The number of benzene rings is 14. The van der Waals surface area contributed by atoms with Gasteiger partial charge in [-0.05, 0) is 173 Å². The van der Waals surface area contributed by atoms with Crippen molar-refractivity contribution in [2.24, 2.45) is 0 Å². The summed E-state index contributed by atoms with van der Waals surface area (Å²) < 4.78 is 2.39. The largest absolute Gasteiger partial charge is 0.311 e. The molecule has 0 amide bonds. The van der Waals surface area contributed by atoms with Gasteiger partial charge in [0.05, 0.1) is 16.4 Å². The Kier molecular flexibility index (Phi) is 12.1. The number of aromatic nitrogens is 1. The molecule has 1 aliphatic rings. The van der Waals surface area contributed by atoms with Crippen LogP contribution in [0.3, 0.4) is 0 Å². The van der Waals surface area contributed by atoms with Crippen LogP contribution >= 0.6 is 0 Å². The zero-order chi connectivity index (χ0) is 56.3. The summed E-state index contributed by atoms with van der Waals surface area (Å²) in [6.07, 6.45) is 0. The van der Waals surface area contributed by atoms with Gasteiger partial charge in [0.1, 0.15) is 0 Å². The Labute approximate surface area is 496 Å². The van der Waals surface area contributed by atoms with Gasteiger partial charge in [-0.3, -0.25) is 0 Å². The van der Waals surface area contributed by atoms with Crippen LogP contribution in [0.1, 0.15) is 22.3 Å². The van der Waals surface area contributed by atoms with Crippen molar-refractivity contribution in [3.05, 3.63) is 362 Å². The van der Waals surface area contributed by atoms with Crippen LogP contribution in [-0.2, 0) is 5.41 Å². The van der Waals surface area contributed by atoms with Crippen LogP contribution in [-0.4, -0.2) is 4.57 Å². The van der Waals surface area contributed by atoms with Crippen LogP contribution in [0.15, 0.2) is 340 Å². The summed E-state index contributed by atoms with van der Waals surface area (Å²) in [6, 6.07) is 125. The zero-order valence-electron chi connectivity index (χ0n) is 46.7. The summed E-state index contributed by atoms with van der Waals surface area (Å²) in [5, 5.41) is 5.02. The molecule has 14 aromatic carbocycles. The van der Waals surface area contributed by atoms with Crippen LogP contribution in [0.4, 0.5) is 17.1 Å². The Morgan fingerprint density at radius 3 is 1.27 bits per heavy atom. The molecule has 0 atom stereocenters. The maximum absolute atomic E-state index is 2.39. The third-order valence-corrected chi connectivity index (χ3v) is 17.7. The molecule has 0 saturated carbocycles. The lowest BCUT2D eigenvalue weighted by atomic mass is 9.67. The van der Waals surface area contributed by atoms with Gasteiger partial charge in [-0.2, -0.15) is 0 Å². The molecule has 0 radical (unpaired) electrons. The van der Waals surface area contributed by atoms with Gasteiger partial charge in [0.15, 0.2) is 0 Å². The number of fused-ring (bicyclic) bond motifs is 7. The molecule has 0 spiro atoms. The van der Waals surface area contributed by atoms with Gasteiger partial charge in [-0.15, -0.1) is 0 Å². The topological polar surface area (TPSA) is 8.17 Å². The van der Waals surface area contributed by atoms with E-state index < -0.39 is 5.41 Å². The summed E-state index contributed by atoms with van der Waals surface area (Å²) in [5.74, 6) is 0. The second-order valence-corrected chi connectivity index (χ2v) is 22.4. The van der Waals surface area contributed by atoms with Gasteiger partial charge < -0.3 is 9.47 Å². The van der Waals surface area contributed by atoms with E-state index >= 15 is 0 Å². The fourth-order valence-electron chi connectivity index (χ4n) is 13.7. The zero-order valence-corrected chi connectivity index (χ0v) is 46.7. The summed E-state index contributed by atoms with van der Waals surface area (Å²) >= 11 is 0. The molecular weight excluding hydrogens is 1020 g/mol. The SMILES string of the molecule is c1ccc(C2(c3ccccc3)c3ccccc3-c3c(-c4ccc(N(c5ccc(-c6ccc(-c7cccc(-c8ccc9ccccc9c8)c7)cc6)cc5)c5ccc(-c6cccc(-n7c8ccccc8c8ccccc87)c6)cc5)cc4)cccc32)cc1. The quantitative estimate of drug-likeness (QED) is 0.125. The molecule has 0 N–H and O–H groups in total. The molecule has 0 bridgehead atoms. The third kappa shape index (κ3) is 8.49. The van der Waals surface area contributed by atoms with Gasteiger partial charge >= 0.3 is 0 Å². The van der Waals surface area contributed by atoms with Crippen molar-refractivity contribution in [3.8, 4) is 72.4 Å². The molecule has 1 aromatic heterocycles. The Bertz CT molecular complexity index is 4870. The maximum Gasteiger partial charge on any atom is 0.0713 e. The van der Waals surface area contributed by atoms with Gasteiger partial charge in [0.25, 0.3) is 0 Å². The van der Waals surface area contributed by atoms with Crippen LogP contribution in [0.2, 0.25) is 0 Å². The first-order valence-electron chi connectivity index (χ1n) is 29.4. The second kappa shape index (κ2) is 20.7. The van der Waals surface area contributed by atoms with Crippen LogP contribution in [0.5, 0.6) is 0 Å². The number of para-hydroxylation sites is 2. The standard InChI is InChI=1S/C83H56N2/c1-3-23-68(24-4-1)83(69-25-5-2-6-26-69)78-32-12-9-30-77(78)82-74(31-17-33-79(82)83)62-46-52-72(53-47-62)84(71-50-44-61(45-51-71)66-22-16-27-73(56-66)85-80-34-13-10-28-75(80)76-29-11-14-35-81(76)85)70-48-42-59(43-49-70)58-36-38-60(39-37-58)64-20-15-21-65(54-64)67-41-40-57-18-7-8-19-63(57)55-67/h1-56H. The van der Waals surface area contributed by atoms with E-state index in [1.807, 2.05) is 0 Å². The van der Waals surface area contributed by atoms with E-state index in [2.05, 4.69) is 349 Å². The summed E-state index contributed by atoms with van der Waals surface area (Å²) in [5.41, 5.74) is 25.8. The number of rotatable bonds is 11. The highest BCUT2D eigenvalue weighted by atomic mass is 15.1. The Morgan fingerprint density at radius 2 is 0.659 bits per heavy atom. The Balaban J connectivity index is 0.759. The molecule has 0 aliphatic heterocycles. The Morgan fingerprint density at radius 1 is 0.247 bits per heavy atom. The van der Waals surface area contributed by atoms with Crippen molar-refractivity contribution in [2.45, 2.75) is 5.41 Å². The Hall–Kier alpha value is -11.1. The minimum atomic E-state index is -0.473. The van der Waals surface area contributed by atoms with Crippen LogP contribution in [0.25, 0.3) is 105 Å². The lowest BCUT2D eigenvalue weighted by Crippen LogP contribution is -2.28. The minimum absolute atomic E-state index is 0.473. The molecule has 398 valence electrons. The molecular formula is C83H56N2. The maximum atomic E-state index is 2.39. The highest BCUT2D eigenvalue weighted by molar-refractivity contribution is 6.09. The van der Waals surface area contributed by atoms with Crippen LogP contribution in [0, 0.1) is 0 Å². The number of hydrogen-bond acceptors (Lipinski definition) is 1. The number of hydrogen-bond donors (Lipinski definition) is 0. The number of nitrogens with zero attached hydrogens (tertiary/aromatic N) is 2. The number of anilines is 3. The summed E-state index contributed by atoms with van der Waals surface area (Å²) in [7, 11) is 0. The van der Waals surface area contributed by atoms with E-state index in [0.29, 0.717) is 0 Å². The predicted octanol–water partition coefficient (Wildman–Crippen LogP) is 22.1. The van der Waals surface area contributed by atoms with Crippen molar-refractivity contribution in [3.63, 3.8) is 0 Å². The highest BCUT2D eigenvalue weighted by Gasteiger charge is 2.46. The highest BCUT2D eigenvalue weighted by Crippen LogP contribution is 2.58. The molecule has 1 aliphatic carbocycles. The first kappa shape index (κ1) is 49.7. The molecule has 16 rings (SSSR count). The van der Waals surface area contributed by atoms with E-state index in [-0.39, 0.29) is 0 Å².